The summed E-state index contributed by atoms with van der Waals surface area (Å²) in [7, 11) is 1.80. The van der Waals surface area contributed by atoms with E-state index in [2.05, 4.69) is 50.4 Å². The summed E-state index contributed by atoms with van der Waals surface area (Å²) in [6.45, 7) is 8.67. The highest BCUT2D eigenvalue weighted by atomic mass is 16.5. The van der Waals surface area contributed by atoms with Gasteiger partial charge in [-0.2, -0.15) is 0 Å². The molecule has 18 heavy (non-hydrogen) atoms. The lowest BCUT2D eigenvalue weighted by atomic mass is 9.70. The van der Waals surface area contributed by atoms with Crippen LogP contribution in [0.4, 0.5) is 0 Å². The standard InChI is InChI=1S/C16H25NO/c1-13-5-7-14(8-6-13)16(11-17-12-16)10-9-15(2,3)18-4/h5-8,17H,9-12H2,1-4H3. The third-order valence-electron chi connectivity index (χ3n) is 4.35. The number of benzene rings is 1. The molecule has 1 N–H and O–H groups in total. The molecule has 2 heteroatoms. The molecule has 1 heterocycles. The molecule has 1 fully saturated rings. The van der Waals surface area contributed by atoms with Crippen molar-refractivity contribution in [3.05, 3.63) is 35.4 Å². The molecule has 0 radical (unpaired) electrons. The number of aryl methyl sites for hydroxylation is 1. The molecule has 100 valence electrons. The zero-order valence-electron chi connectivity index (χ0n) is 12.0. The van der Waals surface area contributed by atoms with Crippen LogP contribution in [0.15, 0.2) is 24.3 Å². The van der Waals surface area contributed by atoms with Gasteiger partial charge in [0.05, 0.1) is 5.60 Å². The summed E-state index contributed by atoms with van der Waals surface area (Å²) < 4.78 is 5.54. The highest BCUT2D eigenvalue weighted by Crippen LogP contribution is 2.36. The van der Waals surface area contributed by atoms with E-state index in [0.717, 1.165) is 19.5 Å². The molecule has 0 saturated carbocycles. The van der Waals surface area contributed by atoms with Crippen molar-refractivity contribution in [1.82, 2.24) is 5.32 Å². The Morgan fingerprint density at radius 3 is 2.28 bits per heavy atom. The van der Waals surface area contributed by atoms with Crippen LogP contribution >= 0.6 is 0 Å². The topological polar surface area (TPSA) is 21.3 Å². The van der Waals surface area contributed by atoms with Crippen LogP contribution in [0.5, 0.6) is 0 Å². The third-order valence-corrected chi connectivity index (χ3v) is 4.35. The molecular formula is C16H25NO. The maximum atomic E-state index is 5.54. The van der Waals surface area contributed by atoms with Crippen molar-refractivity contribution >= 4 is 0 Å². The van der Waals surface area contributed by atoms with Gasteiger partial charge >= 0.3 is 0 Å². The highest BCUT2D eigenvalue weighted by Gasteiger charge is 2.39. The van der Waals surface area contributed by atoms with Gasteiger partial charge in [-0.15, -0.1) is 0 Å². The molecule has 0 aliphatic carbocycles. The van der Waals surface area contributed by atoms with Crippen molar-refractivity contribution in [3.63, 3.8) is 0 Å². The largest absolute Gasteiger partial charge is 0.379 e. The molecular weight excluding hydrogens is 222 g/mol. The Morgan fingerprint density at radius 1 is 1.22 bits per heavy atom. The van der Waals surface area contributed by atoms with Gasteiger partial charge in [0.1, 0.15) is 0 Å². The molecule has 1 aliphatic heterocycles. The zero-order chi connectivity index (χ0) is 13.2. The van der Waals surface area contributed by atoms with Gasteiger partial charge in [-0.25, -0.2) is 0 Å². The zero-order valence-corrected chi connectivity index (χ0v) is 12.0. The minimum absolute atomic E-state index is 0.0205. The average Bonchev–Trinajstić information content (AvgIpc) is 2.30. The first kappa shape index (κ1) is 13.6. The average molecular weight is 247 g/mol. The molecule has 0 unspecified atom stereocenters. The van der Waals surface area contributed by atoms with Gasteiger partial charge in [-0.3, -0.25) is 0 Å². The van der Waals surface area contributed by atoms with Gasteiger partial charge in [0.15, 0.2) is 0 Å². The van der Waals surface area contributed by atoms with E-state index in [-0.39, 0.29) is 5.60 Å². The van der Waals surface area contributed by atoms with E-state index < -0.39 is 0 Å². The highest BCUT2D eigenvalue weighted by molar-refractivity contribution is 5.32. The Labute approximate surface area is 111 Å². The van der Waals surface area contributed by atoms with Crippen LogP contribution in [0.25, 0.3) is 0 Å². The number of rotatable bonds is 5. The fourth-order valence-corrected chi connectivity index (χ4v) is 2.50. The van der Waals surface area contributed by atoms with Crippen molar-refractivity contribution in [2.45, 2.75) is 44.6 Å². The van der Waals surface area contributed by atoms with E-state index in [1.54, 1.807) is 7.11 Å². The van der Waals surface area contributed by atoms with Crippen LogP contribution in [0, 0.1) is 6.92 Å². The van der Waals surface area contributed by atoms with E-state index in [1.165, 1.54) is 17.5 Å². The normalized spacial score (nSPS) is 18.4. The first-order chi connectivity index (χ1) is 8.47. The van der Waals surface area contributed by atoms with E-state index in [4.69, 9.17) is 4.74 Å². The summed E-state index contributed by atoms with van der Waals surface area (Å²) in [5, 5.41) is 3.43. The number of hydrogen-bond acceptors (Lipinski definition) is 2. The SMILES string of the molecule is COC(C)(C)CCC1(c2ccc(C)cc2)CNC1. The lowest BCUT2D eigenvalue weighted by molar-refractivity contribution is 0.00566. The minimum atomic E-state index is -0.0205. The fraction of sp³-hybridized carbons (Fsp3) is 0.625. The summed E-state index contributed by atoms with van der Waals surface area (Å²) in [5.41, 5.74) is 3.11. The fourth-order valence-electron chi connectivity index (χ4n) is 2.50. The smallest absolute Gasteiger partial charge is 0.0623 e. The maximum Gasteiger partial charge on any atom is 0.0623 e. The van der Waals surface area contributed by atoms with Crippen molar-refractivity contribution < 1.29 is 4.74 Å². The second kappa shape index (κ2) is 5.02. The molecule has 0 atom stereocenters. The molecule has 1 aromatic carbocycles. The Morgan fingerprint density at radius 2 is 1.83 bits per heavy atom. The second-order valence-corrected chi connectivity index (χ2v) is 6.21. The van der Waals surface area contributed by atoms with Crippen molar-refractivity contribution in [2.24, 2.45) is 0 Å². The van der Waals surface area contributed by atoms with Crippen LogP contribution < -0.4 is 5.32 Å². The van der Waals surface area contributed by atoms with Crippen LogP contribution in [0.1, 0.15) is 37.8 Å². The summed E-state index contributed by atoms with van der Waals surface area (Å²) in [4.78, 5) is 0. The lowest BCUT2D eigenvalue weighted by Gasteiger charge is -2.45. The van der Waals surface area contributed by atoms with Gasteiger partial charge < -0.3 is 10.1 Å². The minimum Gasteiger partial charge on any atom is -0.379 e. The molecule has 0 bridgehead atoms. The van der Waals surface area contributed by atoms with Crippen LogP contribution in [0.2, 0.25) is 0 Å². The lowest BCUT2D eigenvalue weighted by Crippen LogP contribution is -2.57. The van der Waals surface area contributed by atoms with E-state index in [1.807, 2.05) is 0 Å². The predicted octanol–water partition coefficient (Wildman–Crippen LogP) is 3.04. The van der Waals surface area contributed by atoms with Crippen molar-refractivity contribution in [2.75, 3.05) is 20.2 Å². The molecule has 1 aliphatic rings. The quantitative estimate of drug-likeness (QED) is 0.863. The van der Waals surface area contributed by atoms with Crippen LogP contribution in [-0.4, -0.2) is 25.8 Å². The number of hydrogen-bond donors (Lipinski definition) is 1. The van der Waals surface area contributed by atoms with E-state index in [9.17, 15) is 0 Å². The molecule has 1 saturated heterocycles. The first-order valence-electron chi connectivity index (χ1n) is 6.81. The maximum absolute atomic E-state index is 5.54. The number of ether oxygens (including phenoxy) is 1. The van der Waals surface area contributed by atoms with Gasteiger partial charge in [-0.1, -0.05) is 29.8 Å². The Bertz CT molecular complexity index is 390. The van der Waals surface area contributed by atoms with E-state index >= 15 is 0 Å². The summed E-state index contributed by atoms with van der Waals surface area (Å²) in [6.07, 6.45) is 2.28. The van der Waals surface area contributed by atoms with Crippen molar-refractivity contribution in [3.8, 4) is 0 Å². The summed E-state index contributed by atoms with van der Waals surface area (Å²) in [5.74, 6) is 0. The van der Waals surface area contributed by atoms with Crippen LogP contribution in [0.3, 0.4) is 0 Å². The van der Waals surface area contributed by atoms with Gasteiger partial charge in [0, 0.05) is 25.6 Å². The molecule has 1 aromatic rings. The molecule has 0 amide bonds. The molecule has 0 aromatic heterocycles. The van der Waals surface area contributed by atoms with Gasteiger partial charge in [-0.05, 0) is 39.2 Å². The molecule has 0 spiro atoms. The Balaban J connectivity index is 2.09. The van der Waals surface area contributed by atoms with Gasteiger partial charge in [0.25, 0.3) is 0 Å². The third kappa shape index (κ3) is 2.76. The second-order valence-electron chi connectivity index (χ2n) is 6.21. The first-order valence-corrected chi connectivity index (χ1v) is 6.81. The number of methoxy groups -OCH3 is 1. The molecule has 2 rings (SSSR count). The van der Waals surface area contributed by atoms with Crippen LogP contribution in [-0.2, 0) is 10.2 Å². The monoisotopic (exact) mass is 247 g/mol. The predicted molar refractivity (Wildman–Crippen MR) is 76.0 cm³/mol. The Kier molecular flexibility index (Phi) is 3.79. The van der Waals surface area contributed by atoms with Gasteiger partial charge in [0.2, 0.25) is 0 Å². The van der Waals surface area contributed by atoms with Crippen molar-refractivity contribution in [1.29, 1.82) is 0 Å². The molecule has 2 nitrogen and oxygen atoms in total. The number of nitrogens with one attached hydrogen (secondary N) is 1. The van der Waals surface area contributed by atoms with E-state index in [0.29, 0.717) is 5.41 Å². The summed E-state index contributed by atoms with van der Waals surface area (Å²) in [6, 6.07) is 9.01. The summed E-state index contributed by atoms with van der Waals surface area (Å²) >= 11 is 0. The Hall–Kier alpha value is -0.860.